The minimum Gasteiger partial charge on any atom is -0.444 e. The molecule has 2 N–H and O–H groups in total. The number of carbonyl (C=O) groups excluding carboxylic acids is 4. The molecule has 1 aromatic rings. The zero-order valence-corrected chi connectivity index (χ0v) is 15.8. The van der Waals surface area contributed by atoms with Gasteiger partial charge in [0.2, 0.25) is 0 Å². The third-order valence-electron chi connectivity index (χ3n) is 4.97. The van der Waals surface area contributed by atoms with Gasteiger partial charge in [0.25, 0.3) is 0 Å². The Labute approximate surface area is 157 Å². The molecule has 1 saturated heterocycles. The first-order chi connectivity index (χ1) is 12.6. The molecular weight excluding hydrogens is 348 g/mol. The largest absolute Gasteiger partial charge is 0.444 e. The first kappa shape index (κ1) is 19.1. The number of hydrogen-bond acceptors (Lipinski definition) is 6. The Hall–Kier alpha value is -2.70. The topological polar surface area (TPSA) is 107 Å². The van der Waals surface area contributed by atoms with Crippen LogP contribution in [0.2, 0.25) is 0 Å². The highest BCUT2D eigenvalue weighted by molar-refractivity contribution is 6.37. The number of fused-ring (bicyclic) bond motifs is 1. The highest BCUT2D eigenvalue weighted by atomic mass is 16.6. The van der Waals surface area contributed by atoms with Crippen LogP contribution >= 0.6 is 0 Å². The molecule has 1 unspecified atom stereocenters. The van der Waals surface area contributed by atoms with Gasteiger partial charge in [-0.05, 0) is 39.7 Å². The second-order valence-corrected chi connectivity index (χ2v) is 8.08. The summed E-state index contributed by atoms with van der Waals surface area (Å²) in [5, 5.41) is 0. The quantitative estimate of drug-likeness (QED) is 0.631. The minimum atomic E-state index is -1.30. The summed E-state index contributed by atoms with van der Waals surface area (Å²) in [6.45, 7) is 6.09. The van der Waals surface area contributed by atoms with Gasteiger partial charge in [-0.15, -0.1) is 0 Å². The molecule has 144 valence electrons. The monoisotopic (exact) mass is 372 g/mol. The fourth-order valence-electron chi connectivity index (χ4n) is 3.64. The standard InChI is InChI=1S/C20H24N2O5/c1-20(2,3)27-19(26)22-9-7-11(8-10-22)16(23)15-17(24)12-5-4-6-13(21)14(12)18(15)25/h4-6,11,15H,7-10,21H2,1-3H3. The van der Waals surface area contributed by atoms with Gasteiger partial charge in [-0.1, -0.05) is 12.1 Å². The number of carbonyl (C=O) groups is 4. The average Bonchev–Trinajstić information content (AvgIpc) is 2.85. The number of piperidine rings is 1. The van der Waals surface area contributed by atoms with Crippen LogP contribution in [0.3, 0.4) is 0 Å². The van der Waals surface area contributed by atoms with Crippen molar-refractivity contribution in [3.8, 4) is 0 Å². The summed E-state index contributed by atoms with van der Waals surface area (Å²) in [4.78, 5) is 51.8. The van der Waals surface area contributed by atoms with Crippen molar-refractivity contribution < 1.29 is 23.9 Å². The minimum absolute atomic E-state index is 0.159. The number of nitrogen functional groups attached to an aromatic ring is 1. The van der Waals surface area contributed by atoms with Crippen LogP contribution in [0, 0.1) is 11.8 Å². The van der Waals surface area contributed by atoms with Crippen LogP contribution in [0.25, 0.3) is 0 Å². The Balaban J connectivity index is 1.67. The first-order valence-electron chi connectivity index (χ1n) is 9.08. The van der Waals surface area contributed by atoms with E-state index in [-0.39, 0.29) is 22.6 Å². The van der Waals surface area contributed by atoms with E-state index in [2.05, 4.69) is 0 Å². The summed E-state index contributed by atoms with van der Waals surface area (Å²) in [6, 6.07) is 4.69. The molecule has 1 fully saturated rings. The van der Waals surface area contributed by atoms with Gasteiger partial charge >= 0.3 is 6.09 Å². The molecular formula is C20H24N2O5. The number of nitrogens with two attached hydrogens (primary N) is 1. The van der Waals surface area contributed by atoms with Crippen molar-refractivity contribution in [1.82, 2.24) is 4.90 Å². The lowest BCUT2D eigenvalue weighted by molar-refractivity contribution is -0.125. The summed E-state index contributed by atoms with van der Waals surface area (Å²) < 4.78 is 5.34. The van der Waals surface area contributed by atoms with Crippen LogP contribution in [0.15, 0.2) is 18.2 Å². The van der Waals surface area contributed by atoms with Crippen LogP contribution in [0.5, 0.6) is 0 Å². The smallest absolute Gasteiger partial charge is 0.410 e. The number of Topliss-reactive ketones (excluding diaryl/α,β-unsaturated/α-hetero) is 3. The molecule has 2 aliphatic rings. The van der Waals surface area contributed by atoms with Gasteiger partial charge in [0, 0.05) is 30.3 Å². The molecule has 1 heterocycles. The molecule has 0 saturated carbocycles. The van der Waals surface area contributed by atoms with Crippen molar-refractivity contribution in [2.45, 2.75) is 39.2 Å². The number of benzene rings is 1. The molecule has 7 nitrogen and oxygen atoms in total. The van der Waals surface area contributed by atoms with Gasteiger partial charge in [0.1, 0.15) is 11.5 Å². The number of likely N-dealkylation sites (tertiary alicyclic amines) is 1. The summed E-state index contributed by atoms with van der Waals surface area (Å²) in [5.74, 6) is -3.08. The van der Waals surface area contributed by atoms with Crippen molar-refractivity contribution in [2.24, 2.45) is 11.8 Å². The van der Waals surface area contributed by atoms with Crippen LogP contribution in [-0.2, 0) is 9.53 Å². The lowest BCUT2D eigenvalue weighted by Crippen LogP contribution is -2.44. The summed E-state index contributed by atoms with van der Waals surface area (Å²) in [6.07, 6.45) is 0.392. The highest BCUT2D eigenvalue weighted by Crippen LogP contribution is 2.34. The maximum absolute atomic E-state index is 12.9. The number of nitrogens with zero attached hydrogens (tertiary/aromatic N) is 1. The first-order valence-corrected chi connectivity index (χ1v) is 9.08. The van der Waals surface area contributed by atoms with Gasteiger partial charge in [-0.25, -0.2) is 4.79 Å². The van der Waals surface area contributed by atoms with E-state index in [1.807, 2.05) is 0 Å². The Morgan fingerprint density at radius 2 is 1.74 bits per heavy atom. The number of ether oxygens (including phenoxy) is 1. The number of rotatable bonds is 2. The molecule has 7 heteroatoms. The predicted octanol–water partition coefficient (Wildman–Crippen LogP) is 2.48. The van der Waals surface area contributed by atoms with E-state index in [0.717, 1.165) is 0 Å². The van der Waals surface area contributed by atoms with E-state index < -0.39 is 35.1 Å². The van der Waals surface area contributed by atoms with Crippen molar-refractivity contribution >= 4 is 29.1 Å². The maximum atomic E-state index is 12.9. The van der Waals surface area contributed by atoms with Crippen molar-refractivity contribution in [2.75, 3.05) is 18.8 Å². The summed E-state index contributed by atoms with van der Waals surface area (Å²) in [7, 11) is 0. The molecule has 27 heavy (non-hydrogen) atoms. The Kier molecular flexibility index (Phi) is 4.80. The SMILES string of the molecule is CC(C)(C)OC(=O)N1CCC(C(=O)C2C(=O)c3cccc(N)c3C2=O)CC1. The lowest BCUT2D eigenvalue weighted by atomic mass is 9.83. The van der Waals surface area contributed by atoms with E-state index in [1.165, 1.54) is 6.07 Å². The summed E-state index contributed by atoms with van der Waals surface area (Å²) in [5.41, 5.74) is 5.85. The third-order valence-corrected chi connectivity index (χ3v) is 4.97. The fourth-order valence-corrected chi connectivity index (χ4v) is 3.64. The Morgan fingerprint density at radius 3 is 2.30 bits per heavy atom. The number of hydrogen-bond donors (Lipinski definition) is 1. The molecule has 0 radical (unpaired) electrons. The maximum Gasteiger partial charge on any atom is 0.410 e. The van der Waals surface area contributed by atoms with Crippen molar-refractivity contribution in [3.63, 3.8) is 0 Å². The van der Waals surface area contributed by atoms with Gasteiger partial charge in [-0.2, -0.15) is 0 Å². The fraction of sp³-hybridized carbons (Fsp3) is 0.500. The molecule has 1 atom stereocenters. The zero-order valence-electron chi connectivity index (χ0n) is 15.8. The molecule has 1 aliphatic heterocycles. The van der Waals surface area contributed by atoms with E-state index in [4.69, 9.17) is 10.5 Å². The average molecular weight is 372 g/mol. The van der Waals surface area contributed by atoms with Gasteiger partial charge in [0.05, 0.1) is 5.56 Å². The summed E-state index contributed by atoms with van der Waals surface area (Å²) >= 11 is 0. The van der Waals surface area contributed by atoms with E-state index in [1.54, 1.807) is 37.8 Å². The van der Waals surface area contributed by atoms with Crippen LogP contribution in [0.4, 0.5) is 10.5 Å². The predicted molar refractivity (Wildman–Crippen MR) is 98.5 cm³/mol. The normalized spacial score (nSPS) is 20.6. The van der Waals surface area contributed by atoms with E-state index >= 15 is 0 Å². The van der Waals surface area contributed by atoms with Crippen molar-refractivity contribution in [3.05, 3.63) is 29.3 Å². The van der Waals surface area contributed by atoms with Crippen LogP contribution in [0.1, 0.15) is 54.3 Å². The highest BCUT2D eigenvalue weighted by Gasteiger charge is 2.46. The van der Waals surface area contributed by atoms with E-state index in [9.17, 15) is 19.2 Å². The zero-order chi connectivity index (χ0) is 19.9. The van der Waals surface area contributed by atoms with Gasteiger partial charge < -0.3 is 15.4 Å². The number of ketones is 3. The van der Waals surface area contributed by atoms with Crippen LogP contribution in [-0.4, -0.2) is 47.0 Å². The molecule has 0 bridgehead atoms. The molecule has 1 amide bonds. The molecule has 0 spiro atoms. The molecule has 1 aliphatic carbocycles. The Bertz CT molecular complexity index is 816. The van der Waals surface area contributed by atoms with Gasteiger partial charge in [-0.3, -0.25) is 14.4 Å². The second kappa shape index (κ2) is 6.79. The molecule has 3 rings (SSSR count). The van der Waals surface area contributed by atoms with E-state index in [0.29, 0.717) is 25.9 Å². The number of anilines is 1. The Morgan fingerprint density at radius 1 is 1.11 bits per heavy atom. The number of amides is 1. The molecule has 1 aromatic carbocycles. The third kappa shape index (κ3) is 3.59. The molecule has 0 aromatic heterocycles. The lowest BCUT2D eigenvalue weighted by Gasteiger charge is -2.33. The van der Waals surface area contributed by atoms with Crippen LogP contribution < -0.4 is 5.73 Å². The van der Waals surface area contributed by atoms with Crippen molar-refractivity contribution in [1.29, 1.82) is 0 Å². The van der Waals surface area contributed by atoms with Gasteiger partial charge in [0.15, 0.2) is 17.3 Å². The second-order valence-electron chi connectivity index (χ2n) is 8.08.